The maximum Gasteiger partial charge on any atom is 0.243 e. The average molecular weight is 324 g/mol. The fraction of sp³-hybridized carbons (Fsp3) is 0.538. The smallest absolute Gasteiger partial charge is 0.207 e. The molecule has 1 aromatic carbocycles. The first-order valence-corrected chi connectivity index (χ1v) is 8.59. The molecular formula is C13H19Cl2NO2S. The average Bonchev–Trinajstić information content (AvgIpc) is 2.39. The highest BCUT2D eigenvalue weighted by Crippen LogP contribution is 2.25. The van der Waals surface area contributed by atoms with Gasteiger partial charge in [0.15, 0.2) is 0 Å². The van der Waals surface area contributed by atoms with Crippen molar-refractivity contribution in [3.63, 3.8) is 0 Å². The van der Waals surface area contributed by atoms with Crippen LogP contribution in [0.5, 0.6) is 0 Å². The molecule has 1 aromatic rings. The molecule has 0 saturated heterocycles. The highest BCUT2D eigenvalue weighted by atomic mass is 35.5. The van der Waals surface area contributed by atoms with Crippen molar-refractivity contribution in [2.75, 3.05) is 6.54 Å². The second-order valence-corrected chi connectivity index (χ2v) is 6.92. The SMILES string of the molecule is CCC(C)N(CC)S(=O)(=O)c1ccc(Cl)c(CCl)c1. The first-order chi connectivity index (χ1) is 8.88. The van der Waals surface area contributed by atoms with Crippen molar-refractivity contribution >= 4 is 33.2 Å². The molecule has 0 aliphatic rings. The third-order valence-corrected chi connectivity index (χ3v) is 5.90. The van der Waals surface area contributed by atoms with Gasteiger partial charge in [-0.3, -0.25) is 0 Å². The number of benzene rings is 1. The molecule has 0 radical (unpaired) electrons. The fourth-order valence-corrected chi connectivity index (χ4v) is 4.11. The van der Waals surface area contributed by atoms with E-state index in [4.69, 9.17) is 23.2 Å². The number of hydrogen-bond acceptors (Lipinski definition) is 2. The Hall–Kier alpha value is -0.290. The summed E-state index contributed by atoms with van der Waals surface area (Å²) >= 11 is 11.7. The predicted molar refractivity (Wildman–Crippen MR) is 80.3 cm³/mol. The van der Waals surface area contributed by atoms with Crippen LogP contribution in [-0.2, 0) is 15.9 Å². The molecule has 0 aromatic heterocycles. The van der Waals surface area contributed by atoms with E-state index in [-0.39, 0.29) is 16.8 Å². The third-order valence-electron chi connectivity index (χ3n) is 3.16. The largest absolute Gasteiger partial charge is 0.243 e. The molecule has 19 heavy (non-hydrogen) atoms. The van der Waals surface area contributed by atoms with Crippen molar-refractivity contribution < 1.29 is 8.42 Å². The van der Waals surface area contributed by atoms with E-state index in [0.717, 1.165) is 6.42 Å². The Labute approximate surface area is 125 Å². The summed E-state index contributed by atoms with van der Waals surface area (Å²) in [5.41, 5.74) is 0.629. The minimum Gasteiger partial charge on any atom is -0.207 e. The number of sulfonamides is 1. The van der Waals surface area contributed by atoms with Gasteiger partial charge in [-0.25, -0.2) is 8.42 Å². The van der Waals surface area contributed by atoms with E-state index < -0.39 is 10.0 Å². The molecule has 0 heterocycles. The lowest BCUT2D eigenvalue weighted by atomic mass is 10.2. The van der Waals surface area contributed by atoms with Gasteiger partial charge in [0.05, 0.1) is 4.90 Å². The maximum atomic E-state index is 12.6. The minimum atomic E-state index is -3.50. The van der Waals surface area contributed by atoms with Crippen molar-refractivity contribution in [2.24, 2.45) is 0 Å². The molecule has 6 heteroatoms. The Morgan fingerprint density at radius 3 is 2.42 bits per heavy atom. The Morgan fingerprint density at radius 1 is 1.32 bits per heavy atom. The van der Waals surface area contributed by atoms with Crippen LogP contribution >= 0.6 is 23.2 Å². The zero-order valence-electron chi connectivity index (χ0n) is 11.4. The van der Waals surface area contributed by atoms with Gasteiger partial charge in [-0.2, -0.15) is 4.31 Å². The Bertz CT molecular complexity index is 531. The molecular weight excluding hydrogens is 305 g/mol. The third kappa shape index (κ3) is 3.63. The molecule has 0 amide bonds. The number of nitrogens with zero attached hydrogens (tertiary/aromatic N) is 1. The summed E-state index contributed by atoms with van der Waals surface area (Å²) in [7, 11) is -3.50. The zero-order chi connectivity index (χ0) is 14.6. The van der Waals surface area contributed by atoms with Gasteiger partial charge < -0.3 is 0 Å². The molecule has 1 atom stereocenters. The van der Waals surface area contributed by atoms with Crippen molar-refractivity contribution in [1.82, 2.24) is 4.31 Å². The molecule has 0 spiro atoms. The van der Waals surface area contributed by atoms with Gasteiger partial charge in [-0.05, 0) is 37.1 Å². The van der Waals surface area contributed by atoms with Crippen LogP contribution in [0, 0.1) is 0 Å². The fourth-order valence-electron chi connectivity index (χ4n) is 1.87. The van der Waals surface area contributed by atoms with Crippen LogP contribution in [0.3, 0.4) is 0 Å². The van der Waals surface area contributed by atoms with Crippen LogP contribution in [0.15, 0.2) is 23.1 Å². The highest BCUT2D eigenvalue weighted by molar-refractivity contribution is 7.89. The van der Waals surface area contributed by atoms with Crippen molar-refractivity contribution in [3.8, 4) is 0 Å². The number of hydrogen-bond donors (Lipinski definition) is 0. The Kier molecular flexibility index (Phi) is 6.12. The molecule has 108 valence electrons. The first kappa shape index (κ1) is 16.8. The second kappa shape index (κ2) is 6.93. The molecule has 3 nitrogen and oxygen atoms in total. The van der Waals surface area contributed by atoms with Gasteiger partial charge in [-0.15, -0.1) is 11.6 Å². The van der Waals surface area contributed by atoms with Gasteiger partial charge >= 0.3 is 0 Å². The summed E-state index contributed by atoms with van der Waals surface area (Å²) in [5, 5.41) is 0.487. The molecule has 0 aliphatic carbocycles. The minimum absolute atomic E-state index is 0.0369. The van der Waals surface area contributed by atoms with Crippen LogP contribution in [0.4, 0.5) is 0 Å². The van der Waals surface area contributed by atoms with Gasteiger partial charge in [0.1, 0.15) is 0 Å². The highest BCUT2D eigenvalue weighted by Gasteiger charge is 2.27. The number of alkyl halides is 1. The van der Waals surface area contributed by atoms with E-state index in [1.807, 2.05) is 20.8 Å². The van der Waals surface area contributed by atoms with Gasteiger partial charge in [0, 0.05) is 23.5 Å². The Balaban J connectivity index is 3.26. The van der Waals surface area contributed by atoms with Crippen molar-refractivity contribution in [2.45, 2.75) is 44.0 Å². The van der Waals surface area contributed by atoms with Crippen LogP contribution < -0.4 is 0 Å². The molecule has 0 N–H and O–H groups in total. The maximum absolute atomic E-state index is 12.6. The van der Waals surface area contributed by atoms with Gasteiger partial charge in [-0.1, -0.05) is 25.4 Å². The van der Waals surface area contributed by atoms with Gasteiger partial charge in [0.2, 0.25) is 10.0 Å². The summed E-state index contributed by atoms with van der Waals surface area (Å²) in [5.74, 6) is 0.192. The van der Waals surface area contributed by atoms with Crippen LogP contribution in [0.2, 0.25) is 5.02 Å². The standard InChI is InChI=1S/C13H19Cl2NO2S/c1-4-10(3)16(5-2)19(17,18)12-6-7-13(15)11(8-12)9-14/h6-8,10H,4-5,9H2,1-3H3. The zero-order valence-corrected chi connectivity index (χ0v) is 13.7. The predicted octanol–water partition coefficient (Wildman–Crippen LogP) is 3.89. The van der Waals surface area contributed by atoms with Crippen molar-refractivity contribution in [1.29, 1.82) is 0 Å². The van der Waals surface area contributed by atoms with Gasteiger partial charge in [0.25, 0.3) is 0 Å². The van der Waals surface area contributed by atoms with E-state index in [2.05, 4.69) is 0 Å². The molecule has 1 unspecified atom stereocenters. The molecule has 0 aliphatic heterocycles. The van der Waals surface area contributed by atoms with E-state index in [9.17, 15) is 8.42 Å². The Morgan fingerprint density at radius 2 is 1.95 bits per heavy atom. The van der Waals surface area contributed by atoms with Crippen molar-refractivity contribution in [3.05, 3.63) is 28.8 Å². The molecule has 0 fully saturated rings. The summed E-state index contributed by atoms with van der Waals surface area (Å²) < 4.78 is 26.7. The molecule has 0 saturated carbocycles. The summed E-state index contributed by atoms with van der Waals surface area (Å²) in [6.07, 6.45) is 0.767. The molecule has 0 bridgehead atoms. The number of rotatable bonds is 6. The van der Waals surface area contributed by atoms with Crippen LogP contribution in [0.1, 0.15) is 32.8 Å². The van der Waals surface area contributed by atoms with E-state index in [1.54, 1.807) is 12.1 Å². The van der Waals surface area contributed by atoms with E-state index in [1.165, 1.54) is 10.4 Å². The first-order valence-electron chi connectivity index (χ1n) is 6.24. The monoisotopic (exact) mass is 323 g/mol. The lowest BCUT2D eigenvalue weighted by Crippen LogP contribution is -2.38. The second-order valence-electron chi connectivity index (χ2n) is 4.35. The molecule has 1 rings (SSSR count). The lowest BCUT2D eigenvalue weighted by molar-refractivity contribution is 0.342. The van der Waals surface area contributed by atoms with Crippen LogP contribution in [-0.4, -0.2) is 25.3 Å². The number of halogens is 2. The normalized spacial score (nSPS) is 13.8. The van der Waals surface area contributed by atoms with Crippen LogP contribution in [0.25, 0.3) is 0 Å². The quantitative estimate of drug-likeness (QED) is 0.745. The summed E-state index contributed by atoms with van der Waals surface area (Å²) in [4.78, 5) is 0.245. The topological polar surface area (TPSA) is 37.4 Å². The summed E-state index contributed by atoms with van der Waals surface area (Å²) in [6.45, 7) is 6.15. The van der Waals surface area contributed by atoms with E-state index in [0.29, 0.717) is 17.1 Å². The lowest BCUT2D eigenvalue weighted by Gasteiger charge is -2.26. The van der Waals surface area contributed by atoms with E-state index >= 15 is 0 Å². The summed E-state index contributed by atoms with van der Waals surface area (Å²) in [6, 6.07) is 4.62.